The molecule has 96 valence electrons. The van der Waals surface area contributed by atoms with E-state index in [0.717, 1.165) is 45.3 Å². The molecule has 0 unspecified atom stereocenters. The van der Waals surface area contributed by atoms with Crippen molar-refractivity contribution < 1.29 is 4.79 Å². The Balaban J connectivity index is 1.75. The number of rotatable bonds is 4. The summed E-state index contributed by atoms with van der Waals surface area (Å²) < 4.78 is 0. The zero-order valence-corrected chi connectivity index (χ0v) is 11.2. The average molecular weight is 255 g/mol. The van der Waals surface area contributed by atoms with Crippen molar-refractivity contribution in [2.75, 3.05) is 26.7 Å². The molecule has 3 N–H and O–H groups in total. The van der Waals surface area contributed by atoms with Gasteiger partial charge in [0, 0.05) is 6.54 Å². The maximum atomic E-state index is 12.0. The van der Waals surface area contributed by atoms with E-state index in [2.05, 4.69) is 17.3 Å². The molecule has 5 heteroatoms. The number of amides is 1. The lowest BCUT2D eigenvalue weighted by Gasteiger charge is -2.29. The first-order valence-electron chi connectivity index (χ1n) is 6.31. The van der Waals surface area contributed by atoms with E-state index in [1.165, 1.54) is 0 Å². The third-order valence-electron chi connectivity index (χ3n) is 4.05. The second-order valence-corrected chi connectivity index (χ2v) is 5.84. The largest absolute Gasteiger partial charge is 0.392 e. The number of carbonyl (C=O) groups excluding carboxylic acids is 1. The van der Waals surface area contributed by atoms with Crippen molar-refractivity contribution in [1.82, 2.24) is 10.2 Å². The van der Waals surface area contributed by atoms with Crippen molar-refractivity contribution in [2.24, 2.45) is 17.1 Å². The monoisotopic (exact) mass is 255 g/mol. The molecule has 0 aromatic carbocycles. The van der Waals surface area contributed by atoms with Crippen LogP contribution in [0.25, 0.3) is 0 Å². The van der Waals surface area contributed by atoms with E-state index >= 15 is 0 Å². The highest BCUT2D eigenvalue weighted by Crippen LogP contribution is 2.46. The highest BCUT2D eigenvalue weighted by atomic mass is 32.1. The van der Waals surface area contributed by atoms with E-state index in [1.807, 2.05) is 0 Å². The van der Waals surface area contributed by atoms with Crippen molar-refractivity contribution in [3.8, 4) is 0 Å². The van der Waals surface area contributed by atoms with Crippen LogP contribution in [0.3, 0.4) is 0 Å². The molecule has 0 atom stereocenters. The molecule has 1 amide bonds. The fourth-order valence-corrected chi connectivity index (χ4v) is 2.68. The van der Waals surface area contributed by atoms with Gasteiger partial charge in [0.1, 0.15) is 0 Å². The minimum Gasteiger partial charge on any atom is -0.392 e. The number of piperidine rings is 1. The molecule has 1 saturated heterocycles. The molecule has 0 spiro atoms. The Morgan fingerprint density at radius 2 is 2.06 bits per heavy atom. The lowest BCUT2D eigenvalue weighted by molar-refractivity contribution is -0.124. The Morgan fingerprint density at radius 1 is 1.47 bits per heavy atom. The number of thiocarbonyl (C=S) groups is 1. The fraction of sp³-hybridized carbons (Fsp3) is 0.833. The Kier molecular flexibility index (Phi) is 3.68. The van der Waals surface area contributed by atoms with Crippen LogP contribution in [0.2, 0.25) is 0 Å². The van der Waals surface area contributed by atoms with Gasteiger partial charge in [-0.25, -0.2) is 0 Å². The highest BCUT2D eigenvalue weighted by Gasteiger charge is 2.52. The SMILES string of the molecule is CN1CCC(CNC(=O)C2(C(N)=S)CC2)CC1. The quantitative estimate of drug-likeness (QED) is 0.719. The van der Waals surface area contributed by atoms with Crippen LogP contribution in [0.15, 0.2) is 0 Å². The third-order valence-corrected chi connectivity index (χ3v) is 4.44. The minimum atomic E-state index is -0.499. The van der Waals surface area contributed by atoms with Gasteiger partial charge in [-0.15, -0.1) is 0 Å². The molecule has 1 heterocycles. The van der Waals surface area contributed by atoms with E-state index in [-0.39, 0.29) is 5.91 Å². The summed E-state index contributed by atoms with van der Waals surface area (Å²) in [5.41, 5.74) is 5.13. The lowest BCUT2D eigenvalue weighted by Crippen LogP contribution is -2.43. The number of hydrogen-bond donors (Lipinski definition) is 2. The predicted octanol–water partition coefficient (Wildman–Crippen LogP) is 0.511. The molecule has 1 aliphatic carbocycles. The van der Waals surface area contributed by atoms with Crippen molar-refractivity contribution in [3.05, 3.63) is 0 Å². The maximum Gasteiger partial charge on any atom is 0.233 e. The molecule has 2 aliphatic rings. The Morgan fingerprint density at radius 3 is 2.53 bits per heavy atom. The molecule has 4 nitrogen and oxygen atoms in total. The van der Waals surface area contributed by atoms with Crippen molar-refractivity contribution in [2.45, 2.75) is 25.7 Å². The third kappa shape index (κ3) is 2.77. The molecule has 2 fully saturated rings. The second kappa shape index (κ2) is 4.90. The van der Waals surface area contributed by atoms with Crippen molar-refractivity contribution in [3.63, 3.8) is 0 Å². The zero-order chi connectivity index (χ0) is 12.5. The second-order valence-electron chi connectivity index (χ2n) is 5.40. The first kappa shape index (κ1) is 12.8. The molecular weight excluding hydrogens is 234 g/mol. The fourth-order valence-electron chi connectivity index (χ4n) is 2.38. The number of likely N-dealkylation sites (tertiary alicyclic amines) is 1. The summed E-state index contributed by atoms with van der Waals surface area (Å²) >= 11 is 4.97. The highest BCUT2D eigenvalue weighted by molar-refractivity contribution is 7.80. The van der Waals surface area contributed by atoms with Gasteiger partial charge in [0.15, 0.2) is 0 Å². The summed E-state index contributed by atoms with van der Waals surface area (Å²) in [4.78, 5) is 14.7. The minimum absolute atomic E-state index is 0.0453. The van der Waals surface area contributed by atoms with E-state index in [9.17, 15) is 4.79 Å². The Hall–Kier alpha value is -0.680. The summed E-state index contributed by atoms with van der Waals surface area (Å²) in [7, 11) is 2.14. The summed E-state index contributed by atoms with van der Waals surface area (Å²) in [6.07, 6.45) is 3.97. The molecule has 0 aromatic rings. The topological polar surface area (TPSA) is 58.4 Å². The predicted molar refractivity (Wildman–Crippen MR) is 71.7 cm³/mol. The number of nitrogens with two attached hydrogens (primary N) is 1. The van der Waals surface area contributed by atoms with Crippen LogP contribution in [0, 0.1) is 11.3 Å². The van der Waals surface area contributed by atoms with Crippen LogP contribution in [-0.4, -0.2) is 42.5 Å². The summed E-state index contributed by atoms with van der Waals surface area (Å²) in [5, 5.41) is 3.03. The summed E-state index contributed by atoms with van der Waals surface area (Å²) in [6.45, 7) is 3.03. The van der Waals surface area contributed by atoms with Crippen LogP contribution < -0.4 is 11.1 Å². The van der Waals surface area contributed by atoms with Gasteiger partial charge < -0.3 is 16.0 Å². The normalized spacial score (nSPS) is 24.3. The van der Waals surface area contributed by atoms with Crippen molar-refractivity contribution in [1.29, 1.82) is 0 Å². The molecular formula is C12H21N3OS. The van der Waals surface area contributed by atoms with Gasteiger partial charge in [-0.05, 0) is 51.7 Å². The van der Waals surface area contributed by atoms with Gasteiger partial charge in [0.25, 0.3) is 0 Å². The summed E-state index contributed by atoms with van der Waals surface area (Å²) in [5.74, 6) is 0.654. The van der Waals surface area contributed by atoms with Crippen molar-refractivity contribution >= 4 is 23.1 Å². The zero-order valence-electron chi connectivity index (χ0n) is 10.4. The molecule has 0 aromatic heterocycles. The van der Waals surface area contributed by atoms with Crippen LogP contribution in [0.4, 0.5) is 0 Å². The Labute approximate surface area is 108 Å². The Bertz CT molecular complexity index is 320. The van der Waals surface area contributed by atoms with Gasteiger partial charge in [0.2, 0.25) is 5.91 Å². The first-order chi connectivity index (χ1) is 8.04. The van der Waals surface area contributed by atoms with Crippen LogP contribution in [-0.2, 0) is 4.79 Å². The first-order valence-corrected chi connectivity index (χ1v) is 6.72. The standard InChI is InChI=1S/C12H21N3OS/c1-15-6-2-9(3-7-15)8-14-11(16)12(4-5-12)10(13)17/h9H,2-8H2,1H3,(H2,13,17)(H,14,16). The number of hydrogen-bond acceptors (Lipinski definition) is 3. The van der Waals surface area contributed by atoms with Crippen LogP contribution in [0.1, 0.15) is 25.7 Å². The van der Waals surface area contributed by atoms with Crippen LogP contribution in [0.5, 0.6) is 0 Å². The molecule has 2 rings (SSSR count). The molecule has 0 radical (unpaired) electrons. The van der Waals surface area contributed by atoms with Gasteiger partial charge >= 0.3 is 0 Å². The average Bonchev–Trinajstić information content (AvgIpc) is 3.09. The van der Waals surface area contributed by atoms with Gasteiger partial charge in [-0.1, -0.05) is 12.2 Å². The van der Waals surface area contributed by atoms with E-state index in [1.54, 1.807) is 0 Å². The van der Waals surface area contributed by atoms with Gasteiger partial charge in [0.05, 0.1) is 10.4 Å². The van der Waals surface area contributed by atoms with E-state index < -0.39 is 5.41 Å². The van der Waals surface area contributed by atoms with Gasteiger partial charge in [-0.2, -0.15) is 0 Å². The molecule has 1 saturated carbocycles. The molecule has 1 aliphatic heterocycles. The number of nitrogens with one attached hydrogen (secondary N) is 1. The van der Waals surface area contributed by atoms with E-state index in [0.29, 0.717) is 10.9 Å². The summed E-state index contributed by atoms with van der Waals surface area (Å²) in [6, 6.07) is 0. The van der Waals surface area contributed by atoms with E-state index in [4.69, 9.17) is 18.0 Å². The molecule has 17 heavy (non-hydrogen) atoms. The molecule has 0 bridgehead atoms. The number of carbonyl (C=O) groups is 1. The number of nitrogens with zero attached hydrogens (tertiary/aromatic N) is 1. The smallest absolute Gasteiger partial charge is 0.233 e. The lowest BCUT2D eigenvalue weighted by atomic mass is 9.96. The van der Waals surface area contributed by atoms with Gasteiger partial charge in [-0.3, -0.25) is 4.79 Å². The maximum absolute atomic E-state index is 12.0. The van der Waals surface area contributed by atoms with Crippen LogP contribution >= 0.6 is 12.2 Å².